The Labute approximate surface area is 185 Å². The van der Waals surface area contributed by atoms with Gasteiger partial charge in [-0.2, -0.15) is 0 Å². The summed E-state index contributed by atoms with van der Waals surface area (Å²) in [7, 11) is 0. The van der Waals surface area contributed by atoms with Crippen molar-refractivity contribution in [3.8, 4) is 0 Å². The summed E-state index contributed by atoms with van der Waals surface area (Å²) in [6.45, 7) is 5.39. The van der Waals surface area contributed by atoms with Gasteiger partial charge in [-0.3, -0.25) is 4.79 Å². The first kappa shape index (κ1) is 20.6. The summed E-state index contributed by atoms with van der Waals surface area (Å²) in [6, 6.07) is 17.6. The predicted octanol–water partition coefficient (Wildman–Crippen LogP) is 5.53. The summed E-state index contributed by atoms with van der Waals surface area (Å²) in [4.78, 5) is 12.8. The van der Waals surface area contributed by atoms with Crippen molar-refractivity contribution in [1.29, 1.82) is 0 Å². The molecular formula is C27H34N2O2. The zero-order valence-corrected chi connectivity index (χ0v) is 18.6. The van der Waals surface area contributed by atoms with Gasteiger partial charge in [-0.25, -0.2) is 0 Å². The molecule has 0 aromatic heterocycles. The van der Waals surface area contributed by atoms with Crippen LogP contribution < -0.4 is 10.6 Å². The van der Waals surface area contributed by atoms with Crippen LogP contribution in [0.1, 0.15) is 73.0 Å². The first-order valence-corrected chi connectivity index (χ1v) is 12.0. The van der Waals surface area contributed by atoms with E-state index in [-0.39, 0.29) is 12.0 Å². The molecule has 5 rings (SSSR count). The fraction of sp³-hybridized carbons (Fsp3) is 0.519. The Morgan fingerprint density at radius 2 is 1.94 bits per heavy atom. The van der Waals surface area contributed by atoms with Gasteiger partial charge in [-0.1, -0.05) is 30.3 Å². The van der Waals surface area contributed by atoms with Gasteiger partial charge >= 0.3 is 0 Å². The molecule has 2 fully saturated rings. The molecule has 1 aliphatic heterocycles. The van der Waals surface area contributed by atoms with Crippen LogP contribution in [0.2, 0.25) is 0 Å². The van der Waals surface area contributed by atoms with E-state index in [2.05, 4.69) is 53.1 Å². The van der Waals surface area contributed by atoms with Gasteiger partial charge in [0.1, 0.15) is 0 Å². The lowest BCUT2D eigenvalue weighted by atomic mass is 9.68. The second kappa shape index (κ2) is 8.66. The number of ether oxygens (including phenoxy) is 1. The van der Waals surface area contributed by atoms with Gasteiger partial charge in [-0.15, -0.1) is 0 Å². The minimum absolute atomic E-state index is 0.0252. The standard InChI is InChI=1S/C27H34N2O2/c1-17(2)31-14-6-13-28-27(30)21-11-12-23-22(16-21)24-19-9-10-20(15-19)25(24)26(29-23)18-7-4-3-5-8-18/h3-5,7-8,11-12,16-17,19-20,24-26,29H,6,9-10,13-15H2,1-2H3,(H,28,30)/t19-,20+,24-,25+,26-/m1/s1. The fourth-order valence-corrected chi connectivity index (χ4v) is 6.31. The van der Waals surface area contributed by atoms with E-state index in [9.17, 15) is 4.79 Å². The summed E-state index contributed by atoms with van der Waals surface area (Å²) in [5.74, 6) is 2.76. The van der Waals surface area contributed by atoms with Crippen LogP contribution in [-0.2, 0) is 4.74 Å². The predicted molar refractivity (Wildman–Crippen MR) is 124 cm³/mol. The maximum atomic E-state index is 12.8. The number of hydrogen-bond donors (Lipinski definition) is 2. The van der Waals surface area contributed by atoms with Crippen LogP contribution >= 0.6 is 0 Å². The van der Waals surface area contributed by atoms with Crippen molar-refractivity contribution in [3.05, 3.63) is 65.2 Å². The Kier molecular flexibility index (Phi) is 5.75. The average molecular weight is 419 g/mol. The molecule has 2 aromatic carbocycles. The van der Waals surface area contributed by atoms with E-state index < -0.39 is 0 Å². The minimum atomic E-state index is 0.0252. The number of rotatable bonds is 7. The van der Waals surface area contributed by atoms with Gasteiger partial charge in [0, 0.05) is 24.4 Å². The lowest BCUT2D eigenvalue weighted by Gasteiger charge is -2.43. The normalized spacial score (nSPS) is 28.2. The summed E-state index contributed by atoms with van der Waals surface area (Å²) in [5, 5.41) is 6.93. The molecule has 164 valence electrons. The van der Waals surface area contributed by atoms with Crippen LogP contribution in [0.25, 0.3) is 0 Å². The zero-order chi connectivity index (χ0) is 21.4. The summed E-state index contributed by atoms with van der Waals surface area (Å²) in [5.41, 5.74) is 4.75. The zero-order valence-electron chi connectivity index (χ0n) is 18.6. The van der Waals surface area contributed by atoms with E-state index in [0.29, 0.717) is 31.0 Å². The van der Waals surface area contributed by atoms with Crippen LogP contribution in [0.4, 0.5) is 5.69 Å². The second-order valence-electron chi connectivity index (χ2n) is 9.80. The van der Waals surface area contributed by atoms with Crippen molar-refractivity contribution in [3.63, 3.8) is 0 Å². The molecule has 31 heavy (non-hydrogen) atoms. The first-order chi connectivity index (χ1) is 15.1. The van der Waals surface area contributed by atoms with Crippen molar-refractivity contribution in [2.75, 3.05) is 18.5 Å². The number of benzene rings is 2. The topological polar surface area (TPSA) is 50.4 Å². The Morgan fingerprint density at radius 3 is 2.74 bits per heavy atom. The van der Waals surface area contributed by atoms with Crippen molar-refractivity contribution in [2.24, 2.45) is 17.8 Å². The molecule has 4 heteroatoms. The van der Waals surface area contributed by atoms with Gasteiger partial charge in [0.05, 0.1) is 12.1 Å². The van der Waals surface area contributed by atoms with Crippen LogP contribution in [-0.4, -0.2) is 25.2 Å². The highest BCUT2D eigenvalue weighted by molar-refractivity contribution is 5.95. The Balaban J connectivity index is 1.35. The number of carbonyl (C=O) groups is 1. The highest BCUT2D eigenvalue weighted by Gasteiger charge is 2.53. The molecule has 1 amide bonds. The number of amides is 1. The van der Waals surface area contributed by atoms with Crippen molar-refractivity contribution < 1.29 is 9.53 Å². The first-order valence-electron chi connectivity index (χ1n) is 12.0. The quantitative estimate of drug-likeness (QED) is 0.582. The molecule has 3 aliphatic rings. The van der Waals surface area contributed by atoms with Crippen LogP contribution in [0.5, 0.6) is 0 Å². The number of carbonyl (C=O) groups excluding carboxylic acids is 1. The maximum Gasteiger partial charge on any atom is 0.251 e. The molecule has 2 N–H and O–H groups in total. The third-order valence-electron chi connectivity index (χ3n) is 7.57. The summed E-state index contributed by atoms with van der Waals surface area (Å²) < 4.78 is 5.57. The molecule has 1 heterocycles. The van der Waals surface area contributed by atoms with E-state index in [4.69, 9.17) is 4.74 Å². The molecular weight excluding hydrogens is 384 g/mol. The van der Waals surface area contributed by atoms with E-state index in [1.165, 1.54) is 36.1 Å². The molecule has 2 bridgehead atoms. The van der Waals surface area contributed by atoms with Crippen molar-refractivity contribution in [1.82, 2.24) is 5.32 Å². The van der Waals surface area contributed by atoms with E-state index in [0.717, 1.165) is 23.8 Å². The molecule has 0 saturated heterocycles. The highest BCUT2D eigenvalue weighted by atomic mass is 16.5. The van der Waals surface area contributed by atoms with Gasteiger partial charge < -0.3 is 15.4 Å². The third-order valence-corrected chi connectivity index (χ3v) is 7.57. The molecule has 0 radical (unpaired) electrons. The fourth-order valence-electron chi connectivity index (χ4n) is 6.31. The van der Waals surface area contributed by atoms with Gasteiger partial charge in [0.15, 0.2) is 0 Å². The third kappa shape index (κ3) is 3.98. The van der Waals surface area contributed by atoms with E-state index in [1.54, 1.807) is 0 Å². The number of nitrogens with one attached hydrogen (secondary N) is 2. The molecule has 0 spiro atoms. The summed E-state index contributed by atoms with van der Waals surface area (Å²) >= 11 is 0. The molecule has 2 aliphatic carbocycles. The average Bonchev–Trinajstić information content (AvgIpc) is 3.41. The molecule has 2 aromatic rings. The molecule has 4 nitrogen and oxygen atoms in total. The molecule has 5 atom stereocenters. The van der Waals surface area contributed by atoms with Gasteiger partial charge in [-0.05, 0) is 92.5 Å². The number of fused-ring (bicyclic) bond motifs is 7. The van der Waals surface area contributed by atoms with Crippen LogP contribution in [0.15, 0.2) is 48.5 Å². The highest BCUT2D eigenvalue weighted by Crippen LogP contribution is 2.63. The second-order valence-corrected chi connectivity index (χ2v) is 9.80. The smallest absolute Gasteiger partial charge is 0.251 e. The van der Waals surface area contributed by atoms with Crippen LogP contribution in [0.3, 0.4) is 0 Å². The van der Waals surface area contributed by atoms with E-state index in [1.807, 2.05) is 19.9 Å². The minimum Gasteiger partial charge on any atom is -0.379 e. The molecule has 2 saturated carbocycles. The SMILES string of the molecule is CC(C)OCCCNC(=O)c1ccc2c(c1)[C@H]1[C@@H]3CC[C@@H](C3)[C@@H]1[C@@H](c1ccccc1)N2. The lowest BCUT2D eigenvalue weighted by Crippen LogP contribution is -2.35. The Bertz CT molecular complexity index is 926. The largest absolute Gasteiger partial charge is 0.379 e. The number of hydrogen-bond acceptors (Lipinski definition) is 3. The maximum absolute atomic E-state index is 12.8. The summed E-state index contributed by atoms with van der Waals surface area (Å²) in [6.07, 6.45) is 5.10. The Morgan fingerprint density at radius 1 is 1.13 bits per heavy atom. The van der Waals surface area contributed by atoms with Gasteiger partial charge in [0.2, 0.25) is 0 Å². The van der Waals surface area contributed by atoms with Crippen LogP contribution in [0, 0.1) is 17.8 Å². The molecule has 0 unspecified atom stereocenters. The lowest BCUT2D eigenvalue weighted by molar-refractivity contribution is 0.0757. The number of anilines is 1. The van der Waals surface area contributed by atoms with Crippen molar-refractivity contribution >= 4 is 11.6 Å². The van der Waals surface area contributed by atoms with E-state index >= 15 is 0 Å². The van der Waals surface area contributed by atoms with Gasteiger partial charge in [0.25, 0.3) is 5.91 Å². The van der Waals surface area contributed by atoms with Crippen molar-refractivity contribution in [2.45, 2.75) is 57.6 Å². The monoisotopic (exact) mass is 418 g/mol. The Hall–Kier alpha value is -2.33.